The third-order valence-corrected chi connectivity index (χ3v) is 4.66. The Kier molecular flexibility index (Phi) is 4.47. The van der Waals surface area contributed by atoms with Gasteiger partial charge in [0.1, 0.15) is 17.4 Å². The molecule has 4 aromatic rings. The zero-order valence-corrected chi connectivity index (χ0v) is 16.1. The number of para-hydroxylation sites is 1. The molecule has 28 heavy (non-hydrogen) atoms. The van der Waals surface area contributed by atoms with Gasteiger partial charge >= 0.3 is 0 Å². The molecule has 0 spiro atoms. The third-order valence-electron chi connectivity index (χ3n) is 4.66. The van der Waals surface area contributed by atoms with Crippen molar-refractivity contribution in [3.05, 3.63) is 72.5 Å². The molecule has 6 nitrogen and oxygen atoms in total. The zero-order chi connectivity index (χ0) is 19.7. The highest BCUT2D eigenvalue weighted by Gasteiger charge is 2.30. The highest BCUT2D eigenvalue weighted by molar-refractivity contribution is 5.94. The SMILES string of the molecule is CC(C)(C)C(NC(=O)c1ccc(-c2ccco2)cc1)n1nnc2ccccc21. The Morgan fingerprint density at radius 3 is 2.46 bits per heavy atom. The first kappa shape index (κ1) is 18.0. The van der Waals surface area contributed by atoms with Crippen LogP contribution in [0.4, 0.5) is 0 Å². The van der Waals surface area contributed by atoms with Gasteiger partial charge in [-0.3, -0.25) is 4.79 Å². The number of furan rings is 1. The van der Waals surface area contributed by atoms with Crippen molar-refractivity contribution in [1.82, 2.24) is 20.3 Å². The van der Waals surface area contributed by atoms with Crippen molar-refractivity contribution in [2.24, 2.45) is 5.41 Å². The summed E-state index contributed by atoms with van der Waals surface area (Å²) in [5.74, 6) is 0.610. The fourth-order valence-corrected chi connectivity index (χ4v) is 3.16. The summed E-state index contributed by atoms with van der Waals surface area (Å²) in [6.45, 7) is 6.19. The second-order valence-electron chi connectivity index (χ2n) is 7.82. The van der Waals surface area contributed by atoms with E-state index in [0.717, 1.165) is 22.4 Å². The lowest BCUT2D eigenvalue weighted by Crippen LogP contribution is -2.41. The van der Waals surface area contributed by atoms with Gasteiger partial charge in [-0.25, -0.2) is 4.68 Å². The van der Waals surface area contributed by atoms with Gasteiger partial charge in [-0.05, 0) is 36.4 Å². The summed E-state index contributed by atoms with van der Waals surface area (Å²) in [5, 5.41) is 11.6. The average Bonchev–Trinajstić information content (AvgIpc) is 3.35. The minimum Gasteiger partial charge on any atom is -0.464 e. The molecular weight excluding hydrogens is 352 g/mol. The van der Waals surface area contributed by atoms with Crippen LogP contribution in [0, 0.1) is 5.41 Å². The lowest BCUT2D eigenvalue weighted by molar-refractivity contribution is 0.0843. The molecule has 1 amide bonds. The standard InChI is InChI=1S/C22H22N4O2/c1-22(2,3)21(26-18-8-5-4-7-17(18)24-25-26)23-20(27)16-12-10-15(11-13-16)19-9-6-14-28-19/h4-14,21H,1-3H3,(H,23,27). The highest BCUT2D eigenvalue weighted by atomic mass is 16.3. The number of benzene rings is 2. The van der Waals surface area contributed by atoms with Crippen LogP contribution in [0.5, 0.6) is 0 Å². The van der Waals surface area contributed by atoms with Crippen molar-refractivity contribution >= 4 is 16.9 Å². The molecule has 4 rings (SSSR count). The minimum absolute atomic E-state index is 0.162. The van der Waals surface area contributed by atoms with E-state index in [0.29, 0.717) is 5.56 Å². The molecule has 0 saturated carbocycles. The quantitative estimate of drug-likeness (QED) is 0.563. The average molecular weight is 374 g/mol. The predicted octanol–water partition coefficient (Wildman–Crippen LogP) is 4.67. The van der Waals surface area contributed by atoms with Crippen LogP contribution in [-0.2, 0) is 0 Å². The molecule has 2 heterocycles. The van der Waals surface area contributed by atoms with E-state index < -0.39 is 0 Å². The number of rotatable bonds is 4. The molecular formula is C22H22N4O2. The van der Waals surface area contributed by atoms with Gasteiger partial charge in [0.2, 0.25) is 0 Å². The molecule has 1 atom stereocenters. The van der Waals surface area contributed by atoms with E-state index in [1.54, 1.807) is 23.1 Å². The summed E-state index contributed by atoms with van der Waals surface area (Å²) in [7, 11) is 0. The number of aromatic nitrogens is 3. The molecule has 1 N–H and O–H groups in total. The van der Waals surface area contributed by atoms with Crippen molar-refractivity contribution < 1.29 is 9.21 Å². The molecule has 2 aromatic carbocycles. The summed E-state index contributed by atoms with van der Waals surface area (Å²) in [4.78, 5) is 12.9. The maximum Gasteiger partial charge on any atom is 0.252 e. The van der Waals surface area contributed by atoms with Crippen LogP contribution in [0.1, 0.15) is 37.3 Å². The Morgan fingerprint density at radius 2 is 1.79 bits per heavy atom. The summed E-state index contributed by atoms with van der Waals surface area (Å²) >= 11 is 0. The molecule has 0 radical (unpaired) electrons. The van der Waals surface area contributed by atoms with Crippen LogP contribution in [0.3, 0.4) is 0 Å². The van der Waals surface area contributed by atoms with Gasteiger partial charge in [0.15, 0.2) is 0 Å². The molecule has 1 unspecified atom stereocenters. The first-order chi connectivity index (χ1) is 13.4. The van der Waals surface area contributed by atoms with E-state index in [1.165, 1.54) is 0 Å². The molecule has 2 aromatic heterocycles. The van der Waals surface area contributed by atoms with E-state index in [4.69, 9.17) is 4.42 Å². The normalized spacial score (nSPS) is 12.8. The van der Waals surface area contributed by atoms with Crippen LogP contribution in [-0.4, -0.2) is 20.9 Å². The Labute approximate surface area is 163 Å². The van der Waals surface area contributed by atoms with Crippen molar-refractivity contribution in [3.63, 3.8) is 0 Å². The van der Waals surface area contributed by atoms with E-state index in [1.807, 2.05) is 48.5 Å². The number of nitrogens with one attached hydrogen (secondary N) is 1. The number of fused-ring (bicyclic) bond motifs is 1. The molecule has 0 bridgehead atoms. The highest BCUT2D eigenvalue weighted by Crippen LogP contribution is 2.30. The third kappa shape index (κ3) is 3.41. The molecule has 142 valence electrons. The zero-order valence-electron chi connectivity index (χ0n) is 16.1. The largest absolute Gasteiger partial charge is 0.464 e. The van der Waals surface area contributed by atoms with E-state index >= 15 is 0 Å². The first-order valence-corrected chi connectivity index (χ1v) is 9.18. The number of hydrogen-bond acceptors (Lipinski definition) is 4. The molecule has 0 aliphatic carbocycles. The van der Waals surface area contributed by atoms with Crippen LogP contribution in [0.2, 0.25) is 0 Å². The fraction of sp³-hybridized carbons (Fsp3) is 0.227. The van der Waals surface area contributed by atoms with Gasteiger partial charge in [0.25, 0.3) is 5.91 Å². The van der Waals surface area contributed by atoms with E-state index in [-0.39, 0.29) is 17.5 Å². The van der Waals surface area contributed by atoms with E-state index in [9.17, 15) is 4.79 Å². The molecule has 0 fully saturated rings. The van der Waals surface area contributed by atoms with E-state index in [2.05, 4.69) is 36.4 Å². The molecule has 0 saturated heterocycles. The molecule has 0 aliphatic rings. The number of amides is 1. The Balaban J connectivity index is 1.61. The van der Waals surface area contributed by atoms with Gasteiger partial charge in [-0.15, -0.1) is 5.10 Å². The molecule has 6 heteroatoms. The summed E-state index contributed by atoms with van der Waals surface area (Å²) in [6, 6.07) is 18.8. The topological polar surface area (TPSA) is 73.0 Å². The maximum absolute atomic E-state index is 12.9. The lowest BCUT2D eigenvalue weighted by atomic mass is 9.91. The van der Waals surface area contributed by atoms with Gasteiger partial charge in [0.05, 0.1) is 11.8 Å². The maximum atomic E-state index is 12.9. The van der Waals surface area contributed by atoms with Gasteiger partial charge in [-0.2, -0.15) is 0 Å². The summed E-state index contributed by atoms with van der Waals surface area (Å²) in [5.41, 5.74) is 2.93. The number of carbonyl (C=O) groups is 1. The number of nitrogens with zero attached hydrogens (tertiary/aromatic N) is 3. The Morgan fingerprint density at radius 1 is 1.04 bits per heavy atom. The predicted molar refractivity (Wildman–Crippen MR) is 108 cm³/mol. The van der Waals surface area contributed by atoms with Crippen molar-refractivity contribution in [3.8, 4) is 11.3 Å². The number of hydrogen-bond donors (Lipinski definition) is 1. The summed E-state index contributed by atoms with van der Waals surface area (Å²) in [6.07, 6.45) is 1.28. The lowest BCUT2D eigenvalue weighted by Gasteiger charge is -2.31. The van der Waals surface area contributed by atoms with Crippen molar-refractivity contribution in [2.45, 2.75) is 26.9 Å². The van der Waals surface area contributed by atoms with Crippen LogP contribution in [0.15, 0.2) is 71.3 Å². The monoisotopic (exact) mass is 374 g/mol. The van der Waals surface area contributed by atoms with Crippen LogP contribution >= 0.6 is 0 Å². The fourth-order valence-electron chi connectivity index (χ4n) is 3.16. The second kappa shape index (κ2) is 6.96. The van der Waals surface area contributed by atoms with Gasteiger partial charge in [0, 0.05) is 16.5 Å². The smallest absolute Gasteiger partial charge is 0.252 e. The van der Waals surface area contributed by atoms with Gasteiger partial charge < -0.3 is 9.73 Å². The van der Waals surface area contributed by atoms with Crippen molar-refractivity contribution in [2.75, 3.05) is 0 Å². The summed E-state index contributed by atoms with van der Waals surface area (Å²) < 4.78 is 7.18. The Hall–Kier alpha value is -3.41. The van der Waals surface area contributed by atoms with Crippen molar-refractivity contribution in [1.29, 1.82) is 0 Å². The van der Waals surface area contributed by atoms with Gasteiger partial charge in [-0.1, -0.05) is 50.3 Å². The number of carbonyl (C=O) groups excluding carboxylic acids is 1. The van der Waals surface area contributed by atoms with Crippen LogP contribution in [0.25, 0.3) is 22.4 Å². The van der Waals surface area contributed by atoms with Crippen LogP contribution < -0.4 is 5.32 Å². The second-order valence-corrected chi connectivity index (χ2v) is 7.82. The molecule has 0 aliphatic heterocycles. The Bertz CT molecular complexity index is 1090. The first-order valence-electron chi connectivity index (χ1n) is 9.18. The minimum atomic E-state index is -0.350.